The van der Waals surface area contributed by atoms with Crippen LogP contribution in [0, 0.1) is 0 Å². The lowest BCUT2D eigenvalue weighted by molar-refractivity contribution is -0.161. The van der Waals surface area contributed by atoms with Gasteiger partial charge >= 0.3 is 19.8 Å². The number of hydrogen-bond donors (Lipinski definition) is 2. The third-order valence-corrected chi connectivity index (χ3v) is 8.47. The molecule has 274 valence electrons. The van der Waals surface area contributed by atoms with Crippen molar-refractivity contribution in [2.75, 3.05) is 13.2 Å². The number of rotatable bonds is 34. The summed E-state index contributed by atoms with van der Waals surface area (Å²) in [7, 11) is -4.75. The van der Waals surface area contributed by atoms with Crippen LogP contribution in [0.1, 0.15) is 174 Å². The third-order valence-electron chi connectivity index (χ3n) is 7.98. The SMILES string of the molecule is CC/C=C/C=C/C=C/CCCCCCCC(=O)OC(COC(=O)CCCCCCCCCCCCCCCCCC)COP(=O)(O)O. The zero-order valence-corrected chi connectivity index (χ0v) is 30.8. The number of carbonyl (C=O) groups excluding carboxylic acids is 2. The molecule has 0 rings (SSSR count). The van der Waals surface area contributed by atoms with Gasteiger partial charge < -0.3 is 19.3 Å². The predicted octanol–water partition coefficient (Wildman–Crippen LogP) is 11.0. The molecule has 0 radical (unpaired) electrons. The highest BCUT2D eigenvalue weighted by atomic mass is 31.2. The number of esters is 2. The summed E-state index contributed by atoms with van der Waals surface area (Å²) < 4.78 is 26.3. The van der Waals surface area contributed by atoms with Gasteiger partial charge in [-0.3, -0.25) is 14.1 Å². The quantitative estimate of drug-likeness (QED) is 0.0297. The molecular weight excluding hydrogens is 615 g/mol. The van der Waals surface area contributed by atoms with Gasteiger partial charge in [0.15, 0.2) is 6.10 Å². The summed E-state index contributed by atoms with van der Waals surface area (Å²) in [5, 5.41) is 0. The van der Waals surface area contributed by atoms with E-state index >= 15 is 0 Å². The van der Waals surface area contributed by atoms with Crippen molar-refractivity contribution in [1.82, 2.24) is 0 Å². The molecule has 47 heavy (non-hydrogen) atoms. The number of phosphoric ester groups is 1. The topological polar surface area (TPSA) is 119 Å². The Balaban J connectivity index is 3.96. The molecule has 1 unspecified atom stereocenters. The molecule has 0 heterocycles. The van der Waals surface area contributed by atoms with Crippen molar-refractivity contribution in [2.45, 2.75) is 180 Å². The Hall–Kier alpha value is -1.73. The second kappa shape index (κ2) is 34.1. The number of hydrogen-bond acceptors (Lipinski definition) is 6. The van der Waals surface area contributed by atoms with Crippen LogP contribution in [-0.4, -0.2) is 41.0 Å². The van der Waals surface area contributed by atoms with E-state index in [1.54, 1.807) is 0 Å². The zero-order chi connectivity index (χ0) is 34.7. The Bertz CT molecular complexity index is 864. The maximum atomic E-state index is 12.3. The van der Waals surface area contributed by atoms with E-state index in [1.807, 2.05) is 18.2 Å². The molecule has 0 spiro atoms. The molecule has 0 aromatic carbocycles. The van der Waals surface area contributed by atoms with Gasteiger partial charge in [0.2, 0.25) is 0 Å². The second-order valence-electron chi connectivity index (χ2n) is 12.6. The van der Waals surface area contributed by atoms with Crippen molar-refractivity contribution in [3.05, 3.63) is 36.5 Å². The van der Waals surface area contributed by atoms with Gasteiger partial charge in [-0.25, -0.2) is 4.57 Å². The van der Waals surface area contributed by atoms with E-state index in [4.69, 9.17) is 19.3 Å². The van der Waals surface area contributed by atoms with E-state index in [0.717, 1.165) is 57.8 Å². The third kappa shape index (κ3) is 36.9. The zero-order valence-electron chi connectivity index (χ0n) is 29.9. The molecule has 0 aliphatic carbocycles. The lowest BCUT2D eigenvalue weighted by atomic mass is 10.0. The Morgan fingerprint density at radius 1 is 0.574 bits per heavy atom. The highest BCUT2D eigenvalue weighted by Gasteiger charge is 2.22. The van der Waals surface area contributed by atoms with Crippen LogP contribution in [0.25, 0.3) is 0 Å². The van der Waals surface area contributed by atoms with Crippen LogP contribution in [0.2, 0.25) is 0 Å². The minimum absolute atomic E-state index is 0.190. The van der Waals surface area contributed by atoms with Crippen molar-refractivity contribution in [1.29, 1.82) is 0 Å². The average Bonchev–Trinajstić information content (AvgIpc) is 3.03. The molecule has 0 aliphatic heterocycles. The van der Waals surface area contributed by atoms with Crippen molar-refractivity contribution in [2.24, 2.45) is 0 Å². The van der Waals surface area contributed by atoms with E-state index in [2.05, 4.69) is 36.6 Å². The molecule has 8 nitrogen and oxygen atoms in total. The van der Waals surface area contributed by atoms with Crippen LogP contribution >= 0.6 is 7.82 Å². The highest BCUT2D eigenvalue weighted by molar-refractivity contribution is 7.46. The van der Waals surface area contributed by atoms with Crippen LogP contribution in [0.5, 0.6) is 0 Å². The summed E-state index contributed by atoms with van der Waals surface area (Å²) in [6.45, 7) is 3.53. The fourth-order valence-corrected chi connectivity index (χ4v) is 5.56. The maximum Gasteiger partial charge on any atom is 0.469 e. The molecule has 2 N–H and O–H groups in total. The monoisotopic (exact) mass is 684 g/mol. The van der Waals surface area contributed by atoms with Gasteiger partial charge in [-0.05, 0) is 32.1 Å². The van der Waals surface area contributed by atoms with E-state index in [1.165, 1.54) is 83.5 Å². The predicted molar refractivity (Wildman–Crippen MR) is 193 cm³/mol. The molecule has 0 aromatic heterocycles. The minimum atomic E-state index is -4.75. The summed E-state index contributed by atoms with van der Waals surface area (Å²) in [6, 6.07) is 0. The summed E-state index contributed by atoms with van der Waals surface area (Å²) in [5.41, 5.74) is 0. The molecule has 0 saturated heterocycles. The number of unbranched alkanes of at least 4 members (excludes halogenated alkanes) is 20. The lowest BCUT2D eigenvalue weighted by Gasteiger charge is -2.18. The Morgan fingerprint density at radius 2 is 1.02 bits per heavy atom. The van der Waals surface area contributed by atoms with E-state index < -0.39 is 32.5 Å². The van der Waals surface area contributed by atoms with Crippen molar-refractivity contribution >= 4 is 19.8 Å². The van der Waals surface area contributed by atoms with Gasteiger partial charge in [0.05, 0.1) is 6.61 Å². The van der Waals surface area contributed by atoms with Gasteiger partial charge in [0, 0.05) is 12.8 Å². The first-order chi connectivity index (χ1) is 22.8. The largest absolute Gasteiger partial charge is 0.469 e. The molecule has 9 heteroatoms. The van der Waals surface area contributed by atoms with Crippen LogP contribution in [0.4, 0.5) is 0 Å². The molecule has 0 bridgehead atoms. The summed E-state index contributed by atoms with van der Waals surface area (Å²) in [5.74, 6) is -0.906. The Labute approximate surface area is 287 Å². The summed E-state index contributed by atoms with van der Waals surface area (Å²) in [6.07, 6.45) is 38.7. The Kier molecular flexibility index (Phi) is 32.9. The first-order valence-corrected chi connectivity index (χ1v) is 20.3. The molecule has 1 atom stereocenters. The van der Waals surface area contributed by atoms with Gasteiger partial charge in [-0.1, -0.05) is 166 Å². The van der Waals surface area contributed by atoms with E-state index in [-0.39, 0.29) is 19.4 Å². The molecule has 0 aliphatic rings. The summed E-state index contributed by atoms with van der Waals surface area (Å²) in [4.78, 5) is 42.7. The minimum Gasteiger partial charge on any atom is -0.462 e. The lowest BCUT2D eigenvalue weighted by Crippen LogP contribution is -2.29. The molecule has 0 amide bonds. The first kappa shape index (κ1) is 45.3. The molecule has 0 aromatic rings. The van der Waals surface area contributed by atoms with Crippen LogP contribution < -0.4 is 0 Å². The fraction of sp³-hybridized carbons (Fsp3) is 0.789. The van der Waals surface area contributed by atoms with Gasteiger partial charge in [-0.15, -0.1) is 0 Å². The smallest absolute Gasteiger partial charge is 0.462 e. The van der Waals surface area contributed by atoms with Gasteiger partial charge in [0.1, 0.15) is 6.61 Å². The average molecular weight is 685 g/mol. The van der Waals surface area contributed by atoms with Gasteiger partial charge in [0.25, 0.3) is 0 Å². The number of phosphoric acid groups is 1. The molecule has 0 fully saturated rings. The fourth-order valence-electron chi connectivity index (χ4n) is 5.20. The maximum absolute atomic E-state index is 12.3. The first-order valence-electron chi connectivity index (χ1n) is 18.8. The van der Waals surface area contributed by atoms with Crippen molar-refractivity contribution < 1.29 is 37.9 Å². The van der Waals surface area contributed by atoms with E-state index in [0.29, 0.717) is 6.42 Å². The highest BCUT2D eigenvalue weighted by Crippen LogP contribution is 2.36. The van der Waals surface area contributed by atoms with Crippen LogP contribution in [-0.2, 0) is 28.2 Å². The van der Waals surface area contributed by atoms with E-state index in [9.17, 15) is 14.2 Å². The number of ether oxygens (including phenoxy) is 2. The molecule has 0 saturated carbocycles. The van der Waals surface area contributed by atoms with Crippen LogP contribution in [0.3, 0.4) is 0 Å². The normalized spacial score (nSPS) is 12.9. The Morgan fingerprint density at radius 3 is 1.51 bits per heavy atom. The number of allylic oxidation sites excluding steroid dienone is 6. The van der Waals surface area contributed by atoms with Crippen molar-refractivity contribution in [3.63, 3.8) is 0 Å². The standard InChI is InChI=1S/C38H69O8P/c1-3-5-7-9-11-13-15-17-18-19-21-22-24-26-28-30-32-37(39)44-34-36(35-45-47(41,42)43)46-38(40)33-31-29-27-25-23-20-16-14-12-10-8-6-4-2/h6,8,10,12,14,16,36H,3-5,7,9,11,13,15,17-35H2,1-2H3,(H2,41,42,43)/b8-6+,12-10+,16-14+. The van der Waals surface area contributed by atoms with Gasteiger partial charge in [-0.2, -0.15) is 0 Å². The second-order valence-corrected chi connectivity index (χ2v) is 13.8. The summed E-state index contributed by atoms with van der Waals surface area (Å²) >= 11 is 0. The van der Waals surface area contributed by atoms with Crippen LogP contribution in [0.15, 0.2) is 36.5 Å². The molecular formula is C38H69O8P. The van der Waals surface area contributed by atoms with Crippen molar-refractivity contribution in [3.8, 4) is 0 Å². The number of carbonyl (C=O) groups is 2.